The minimum atomic E-state index is -0.130. The zero-order valence-electron chi connectivity index (χ0n) is 13.9. The molecule has 0 heterocycles. The van der Waals surface area contributed by atoms with Gasteiger partial charge in [-0.2, -0.15) is 0 Å². The standard InChI is InChI=1S/C17H26ClN3O2/c1-19-17(21-13-14-8-10-15(18)11-9-14)20-12-6-4-3-5-7-16(22)23-2/h8-11H,3-7,12-13H2,1-2H3,(H2,19,20,21). The molecule has 5 nitrogen and oxygen atoms in total. The second-order valence-corrected chi connectivity index (χ2v) is 5.66. The molecule has 0 aliphatic heterocycles. The maximum Gasteiger partial charge on any atom is 0.305 e. The SMILES string of the molecule is CN=C(NCCCCCCC(=O)OC)NCc1ccc(Cl)cc1. The minimum Gasteiger partial charge on any atom is -0.469 e. The Balaban J connectivity index is 2.10. The van der Waals surface area contributed by atoms with Gasteiger partial charge in [0.1, 0.15) is 0 Å². The normalized spacial score (nSPS) is 11.2. The van der Waals surface area contributed by atoms with Crippen molar-refractivity contribution in [2.75, 3.05) is 20.7 Å². The lowest BCUT2D eigenvalue weighted by Gasteiger charge is -2.12. The van der Waals surface area contributed by atoms with Crippen molar-refractivity contribution in [1.82, 2.24) is 10.6 Å². The summed E-state index contributed by atoms with van der Waals surface area (Å²) in [5.41, 5.74) is 1.15. The predicted octanol–water partition coefficient (Wildman–Crippen LogP) is 3.13. The number of methoxy groups -OCH3 is 1. The lowest BCUT2D eigenvalue weighted by Crippen LogP contribution is -2.37. The van der Waals surface area contributed by atoms with E-state index < -0.39 is 0 Å². The summed E-state index contributed by atoms with van der Waals surface area (Å²) in [7, 11) is 3.18. The van der Waals surface area contributed by atoms with Crippen molar-refractivity contribution in [2.24, 2.45) is 4.99 Å². The molecule has 0 aliphatic rings. The van der Waals surface area contributed by atoms with E-state index in [-0.39, 0.29) is 5.97 Å². The Bertz CT molecular complexity index is 489. The highest BCUT2D eigenvalue weighted by atomic mass is 35.5. The molecule has 1 aromatic rings. The largest absolute Gasteiger partial charge is 0.469 e. The first-order valence-corrected chi connectivity index (χ1v) is 8.29. The number of hydrogen-bond donors (Lipinski definition) is 2. The Morgan fingerprint density at radius 2 is 1.83 bits per heavy atom. The van der Waals surface area contributed by atoms with Crippen molar-refractivity contribution >= 4 is 23.5 Å². The van der Waals surface area contributed by atoms with E-state index in [1.807, 2.05) is 24.3 Å². The average Bonchev–Trinajstić information content (AvgIpc) is 2.57. The van der Waals surface area contributed by atoms with Gasteiger partial charge in [-0.1, -0.05) is 36.6 Å². The van der Waals surface area contributed by atoms with Crippen molar-refractivity contribution in [3.8, 4) is 0 Å². The quantitative estimate of drug-likeness (QED) is 0.314. The van der Waals surface area contributed by atoms with Gasteiger partial charge in [0.15, 0.2) is 5.96 Å². The van der Waals surface area contributed by atoms with Crippen LogP contribution < -0.4 is 10.6 Å². The summed E-state index contributed by atoms with van der Waals surface area (Å²) < 4.78 is 4.61. The maximum absolute atomic E-state index is 11.0. The number of hydrogen-bond acceptors (Lipinski definition) is 3. The van der Waals surface area contributed by atoms with E-state index in [2.05, 4.69) is 20.4 Å². The summed E-state index contributed by atoms with van der Waals surface area (Å²) >= 11 is 5.87. The van der Waals surface area contributed by atoms with Gasteiger partial charge in [0.05, 0.1) is 7.11 Å². The summed E-state index contributed by atoms with van der Waals surface area (Å²) in [4.78, 5) is 15.2. The van der Waals surface area contributed by atoms with E-state index in [1.165, 1.54) is 7.11 Å². The van der Waals surface area contributed by atoms with Gasteiger partial charge in [-0.15, -0.1) is 0 Å². The Hall–Kier alpha value is -1.75. The number of carbonyl (C=O) groups excluding carboxylic acids is 1. The van der Waals surface area contributed by atoms with Crippen LogP contribution in [0.4, 0.5) is 0 Å². The molecule has 1 aromatic carbocycles. The van der Waals surface area contributed by atoms with Crippen LogP contribution in [0, 0.1) is 0 Å². The molecule has 0 fully saturated rings. The molecule has 0 saturated carbocycles. The van der Waals surface area contributed by atoms with E-state index in [4.69, 9.17) is 11.6 Å². The van der Waals surface area contributed by atoms with E-state index >= 15 is 0 Å². The summed E-state index contributed by atoms with van der Waals surface area (Å²) in [5, 5.41) is 7.29. The highest BCUT2D eigenvalue weighted by Crippen LogP contribution is 2.09. The van der Waals surface area contributed by atoms with Crippen molar-refractivity contribution < 1.29 is 9.53 Å². The number of aliphatic imine (C=N–C) groups is 1. The summed E-state index contributed by atoms with van der Waals surface area (Å²) in [6.07, 6.45) is 4.55. The number of carbonyl (C=O) groups is 1. The van der Waals surface area contributed by atoms with E-state index in [0.29, 0.717) is 13.0 Å². The molecule has 0 aliphatic carbocycles. The van der Waals surface area contributed by atoms with Gasteiger partial charge in [0.2, 0.25) is 0 Å². The molecule has 0 aromatic heterocycles. The van der Waals surface area contributed by atoms with Crippen LogP contribution in [0.15, 0.2) is 29.3 Å². The first-order valence-electron chi connectivity index (χ1n) is 7.91. The number of nitrogens with zero attached hydrogens (tertiary/aromatic N) is 1. The predicted molar refractivity (Wildman–Crippen MR) is 94.8 cm³/mol. The first kappa shape index (κ1) is 19.3. The number of guanidine groups is 1. The van der Waals surface area contributed by atoms with Crippen LogP contribution in [-0.4, -0.2) is 32.6 Å². The first-order chi connectivity index (χ1) is 11.2. The molecule has 0 unspecified atom stereocenters. The second kappa shape index (κ2) is 11.8. The molecule has 2 N–H and O–H groups in total. The molecule has 0 atom stereocenters. The Labute approximate surface area is 143 Å². The highest BCUT2D eigenvalue weighted by Gasteiger charge is 2.00. The molecule has 0 amide bonds. The number of rotatable bonds is 9. The minimum absolute atomic E-state index is 0.130. The molecule has 23 heavy (non-hydrogen) atoms. The molecular weight excluding hydrogens is 314 g/mol. The molecule has 0 radical (unpaired) electrons. The van der Waals surface area contributed by atoms with Crippen LogP contribution in [0.5, 0.6) is 0 Å². The fourth-order valence-electron chi connectivity index (χ4n) is 2.07. The van der Waals surface area contributed by atoms with Gasteiger partial charge >= 0.3 is 5.97 Å². The van der Waals surface area contributed by atoms with Gasteiger partial charge in [0, 0.05) is 31.6 Å². The number of halogens is 1. The van der Waals surface area contributed by atoms with Crippen molar-refractivity contribution in [3.63, 3.8) is 0 Å². The lowest BCUT2D eigenvalue weighted by molar-refractivity contribution is -0.140. The maximum atomic E-state index is 11.0. The van der Waals surface area contributed by atoms with Crippen LogP contribution in [0.2, 0.25) is 5.02 Å². The molecule has 1 rings (SSSR count). The molecule has 0 saturated heterocycles. The van der Waals surface area contributed by atoms with Crippen molar-refractivity contribution in [3.05, 3.63) is 34.9 Å². The fraction of sp³-hybridized carbons (Fsp3) is 0.529. The van der Waals surface area contributed by atoms with Crippen molar-refractivity contribution in [2.45, 2.75) is 38.6 Å². The summed E-state index contributed by atoms with van der Waals surface area (Å²) in [6, 6.07) is 7.74. The highest BCUT2D eigenvalue weighted by molar-refractivity contribution is 6.30. The smallest absolute Gasteiger partial charge is 0.305 e. The number of ether oxygens (including phenoxy) is 1. The van der Waals surface area contributed by atoms with Crippen LogP contribution in [0.3, 0.4) is 0 Å². The summed E-state index contributed by atoms with van der Waals surface area (Å²) in [6.45, 7) is 1.56. The van der Waals surface area contributed by atoms with E-state index in [9.17, 15) is 4.79 Å². The van der Waals surface area contributed by atoms with Gasteiger partial charge in [-0.25, -0.2) is 0 Å². The van der Waals surface area contributed by atoms with E-state index in [1.54, 1.807) is 7.05 Å². The average molecular weight is 340 g/mol. The Morgan fingerprint density at radius 3 is 2.48 bits per heavy atom. The molecule has 0 spiro atoms. The molecule has 0 bridgehead atoms. The molecule has 128 valence electrons. The Morgan fingerprint density at radius 1 is 1.13 bits per heavy atom. The number of unbranched alkanes of at least 4 members (excludes halogenated alkanes) is 3. The molecule has 6 heteroatoms. The van der Waals surface area contributed by atoms with Crippen molar-refractivity contribution in [1.29, 1.82) is 0 Å². The number of esters is 1. The Kier molecular flexibility index (Phi) is 9.87. The zero-order valence-corrected chi connectivity index (χ0v) is 14.7. The number of benzene rings is 1. The second-order valence-electron chi connectivity index (χ2n) is 5.22. The molecular formula is C17H26ClN3O2. The fourth-order valence-corrected chi connectivity index (χ4v) is 2.19. The zero-order chi connectivity index (χ0) is 16.9. The topological polar surface area (TPSA) is 62.7 Å². The summed E-state index contributed by atoms with van der Waals surface area (Å²) in [5.74, 6) is 0.657. The van der Waals surface area contributed by atoms with Crippen LogP contribution in [-0.2, 0) is 16.1 Å². The van der Waals surface area contributed by atoms with Gasteiger partial charge in [-0.05, 0) is 30.5 Å². The number of nitrogens with one attached hydrogen (secondary N) is 2. The van der Waals surface area contributed by atoms with E-state index in [0.717, 1.165) is 48.8 Å². The van der Waals surface area contributed by atoms with Gasteiger partial charge < -0.3 is 15.4 Å². The third-order valence-electron chi connectivity index (χ3n) is 3.42. The van der Waals surface area contributed by atoms with Gasteiger partial charge in [-0.3, -0.25) is 9.79 Å². The van der Waals surface area contributed by atoms with Crippen LogP contribution >= 0.6 is 11.6 Å². The van der Waals surface area contributed by atoms with Crippen LogP contribution in [0.1, 0.15) is 37.7 Å². The van der Waals surface area contributed by atoms with Crippen LogP contribution in [0.25, 0.3) is 0 Å². The third-order valence-corrected chi connectivity index (χ3v) is 3.68. The monoisotopic (exact) mass is 339 g/mol. The third kappa shape index (κ3) is 9.08. The van der Waals surface area contributed by atoms with Gasteiger partial charge in [0.25, 0.3) is 0 Å². The lowest BCUT2D eigenvalue weighted by atomic mass is 10.1.